The number of nitrogens with two attached hydrogens (primary N) is 1. The molecule has 0 saturated heterocycles. The number of nitrogen functional groups attached to an aromatic ring is 1. The van der Waals surface area contributed by atoms with Crippen molar-refractivity contribution >= 4 is 22.3 Å². The van der Waals surface area contributed by atoms with Crippen molar-refractivity contribution in [1.29, 1.82) is 0 Å². The fourth-order valence-electron chi connectivity index (χ4n) is 1.95. The minimum atomic E-state index is 0.149. The van der Waals surface area contributed by atoms with Gasteiger partial charge in [0.25, 0.3) is 0 Å². The van der Waals surface area contributed by atoms with Crippen LogP contribution < -0.4 is 11.1 Å². The summed E-state index contributed by atoms with van der Waals surface area (Å²) >= 11 is 1.32. The second-order valence-corrected chi connectivity index (χ2v) is 5.72. The van der Waals surface area contributed by atoms with Gasteiger partial charge in [-0.1, -0.05) is 23.5 Å². The van der Waals surface area contributed by atoms with Gasteiger partial charge >= 0.3 is 0 Å². The van der Waals surface area contributed by atoms with Gasteiger partial charge in [-0.2, -0.15) is 0 Å². The van der Waals surface area contributed by atoms with Crippen LogP contribution in [0.4, 0.5) is 10.9 Å². The summed E-state index contributed by atoms with van der Waals surface area (Å²) in [6.45, 7) is 2.35. The summed E-state index contributed by atoms with van der Waals surface area (Å²) in [7, 11) is 0. The van der Waals surface area contributed by atoms with E-state index in [1.807, 2.05) is 19.1 Å². The van der Waals surface area contributed by atoms with E-state index in [9.17, 15) is 5.11 Å². The van der Waals surface area contributed by atoms with Gasteiger partial charge < -0.3 is 16.2 Å². The largest absolute Gasteiger partial charge is 0.507 e. The lowest BCUT2D eigenvalue weighted by atomic mass is 10.2. The van der Waals surface area contributed by atoms with E-state index in [0.717, 1.165) is 10.7 Å². The zero-order valence-electron chi connectivity index (χ0n) is 11.8. The number of phenolic OH excluding ortho intramolecular Hbond substituents is 1. The molecule has 22 heavy (non-hydrogen) atoms. The molecule has 0 aliphatic rings. The minimum Gasteiger partial charge on any atom is -0.507 e. The molecule has 1 aromatic carbocycles. The lowest BCUT2D eigenvalue weighted by Crippen LogP contribution is -2.04. The number of hydrogen-bond donors (Lipinski definition) is 3. The highest BCUT2D eigenvalue weighted by atomic mass is 32.1. The van der Waals surface area contributed by atoms with Crippen molar-refractivity contribution in [3.8, 4) is 17.1 Å². The van der Waals surface area contributed by atoms with Crippen molar-refractivity contribution in [2.24, 2.45) is 0 Å². The van der Waals surface area contributed by atoms with E-state index in [4.69, 9.17) is 5.73 Å². The van der Waals surface area contributed by atoms with E-state index in [0.29, 0.717) is 28.9 Å². The Morgan fingerprint density at radius 3 is 2.77 bits per heavy atom. The van der Waals surface area contributed by atoms with Gasteiger partial charge in [-0.05, 0) is 19.1 Å². The Hall–Kier alpha value is -2.74. The van der Waals surface area contributed by atoms with Gasteiger partial charge in [0.1, 0.15) is 16.6 Å². The summed E-state index contributed by atoms with van der Waals surface area (Å²) in [6.07, 6.45) is 0. The molecule has 2 heterocycles. The number of aromatic nitrogens is 4. The zero-order chi connectivity index (χ0) is 15.5. The van der Waals surface area contributed by atoms with Crippen LogP contribution in [0.3, 0.4) is 0 Å². The predicted molar refractivity (Wildman–Crippen MR) is 85.5 cm³/mol. The van der Waals surface area contributed by atoms with Crippen molar-refractivity contribution in [3.63, 3.8) is 0 Å². The standard InChI is InChI=1S/C14H14N6OS/c1-8-6-11(16-7-12-19-20-14(15)22-12)18-13(17-8)9-4-2-3-5-10(9)21/h2-6,21H,7H2,1H3,(H2,15,20)(H,16,17,18). The van der Waals surface area contributed by atoms with Gasteiger partial charge in [-0.15, -0.1) is 10.2 Å². The number of anilines is 2. The molecule has 0 fully saturated rings. The molecule has 0 atom stereocenters. The molecule has 0 amide bonds. The first-order valence-electron chi connectivity index (χ1n) is 6.57. The molecular formula is C14H14N6OS. The molecule has 0 saturated carbocycles. The molecule has 2 aromatic heterocycles. The van der Waals surface area contributed by atoms with Crippen LogP contribution in [0.5, 0.6) is 5.75 Å². The summed E-state index contributed by atoms with van der Waals surface area (Å²) in [5, 5.41) is 22.0. The molecule has 8 heteroatoms. The van der Waals surface area contributed by atoms with Crippen molar-refractivity contribution in [2.45, 2.75) is 13.5 Å². The smallest absolute Gasteiger partial charge is 0.203 e. The van der Waals surface area contributed by atoms with Gasteiger partial charge in [-0.3, -0.25) is 0 Å². The average molecular weight is 314 g/mol. The second kappa shape index (κ2) is 5.94. The van der Waals surface area contributed by atoms with Crippen LogP contribution in [0.25, 0.3) is 11.4 Å². The van der Waals surface area contributed by atoms with Crippen LogP contribution in [0.2, 0.25) is 0 Å². The molecule has 0 unspecified atom stereocenters. The quantitative estimate of drug-likeness (QED) is 0.677. The highest BCUT2D eigenvalue weighted by molar-refractivity contribution is 7.15. The number of benzene rings is 1. The Kier molecular flexibility index (Phi) is 3.84. The Balaban J connectivity index is 1.85. The normalized spacial score (nSPS) is 10.6. The maximum absolute atomic E-state index is 9.93. The summed E-state index contributed by atoms with van der Waals surface area (Å²) < 4.78 is 0. The zero-order valence-corrected chi connectivity index (χ0v) is 12.6. The third-order valence-corrected chi connectivity index (χ3v) is 3.65. The first kappa shape index (κ1) is 14.2. The number of rotatable bonds is 4. The SMILES string of the molecule is Cc1cc(NCc2nnc(N)s2)nc(-c2ccccc2O)n1. The second-order valence-electron chi connectivity index (χ2n) is 4.62. The summed E-state index contributed by atoms with van der Waals surface area (Å²) in [5.41, 5.74) is 6.94. The fourth-order valence-corrected chi connectivity index (χ4v) is 2.50. The van der Waals surface area contributed by atoms with Crippen LogP contribution >= 0.6 is 11.3 Å². The van der Waals surface area contributed by atoms with E-state index in [1.165, 1.54) is 11.3 Å². The monoisotopic (exact) mass is 314 g/mol. The molecule has 112 valence electrons. The van der Waals surface area contributed by atoms with Crippen molar-refractivity contribution in [2.75, 3.05) is 11.1 Å². The van der Waals surface area contributed by atoms with Gasteiger partial charge in [0.2, 0.25) is 5.13 Å². The maximum Gasteiger partial charge on any atom is 0.203 e. The lowest BCUT2D eigenvalue weighted by Gasteiger charge is -2.08. The number of para-hydroxylation sites is 1. The molecule has 3 rings (SSSR count). The van der Waals surface area contributed by atoms with E-state index >= 15 is 0 Å². The third kappa shape index (κ3) is 3.12. The van der Waals surface area contributed by atoms with Crippen LogP contribution in [0.1, 0.15) is 10.7 Å². The minimum absolute atomic E-state index is 0.149. The number of aryl methyl sites for hydroxylation is 1. The Morgan fingerprint density at radius 2 is 2.05 bits per heavy atom. The van der Waals surface area contributed by atoms with Crippen LogP contribution in [0, 0.1) is 6.92 Å². The molecular weight excluding hydrogens is 300 g/mol. The average Bonchev–Trinajstić information content (AvgIpc) is 2.91. The summed E-state index contributed by atoms with van der Waals surface area (Å²) in [6, 6.07) is 8.80. The number of phenols is 1. The highest BCUT2D eigenvalue weighted by Gasteiger charge is 2.09. The summed E-state index contributed by atoms with van der Waals surface area (Å²) in [4.78, 5) is 8.80. The summed E-state index contributed by atoms with van der Waals surface area (Å²) in [5.74, 6) is 1.27. The molecule has 3 aromatic rings. The van der Waals surface area contributed by atoms with Crippen molar-refractivity contribution in [3.05, 3.63) is 41.0 Å². The number of aromatic hydroxyl groups is 1. The van der Waals surface area contributed by atoms with Crippen molar-refractivity contribution in [1.82, 2.24) is 20.2 Å². The maximum atomic E-state index is 9.93. The first-order valence-corrected chi connectivity index (χ1v) is 7.39. The lowest BCUT2D eigenvalue weighted by molar-refractivity contribution is 0.477. The molecule has 0 bridgehead atoms. The van der Waals surface area contributed by atoms with Crippen LogP contribution in [-0.2, 0) is 6.54 Å². The number of hydrogen-bond acceptors (Lipinski definition) is 8. The molecule has 0 aliphatic heterocycles. The molecule has 0 aliphatic carbocycles. The molecule has 4 N–H and O–H groups in total. The first-order chi connectivity index (χ1) is 10.6. The Bertz CT molecular complexity index is 804. The van der Waals surface area contributed by atoms with E-state index in [-0.39, 0.29) is 5.75 Å². The van der Waals surface area contributed by atoms with Gasteiger partial charge in [-0.25, -0.2) is 9.97 Å². The molecule has 0 radical (unpaired) electrons. The highest BCUT2D eigenvalue weighted by Crippen LogP contribution is 2.26. The molecule has 0 spiro atoms. The predicted octanol–water partition coefficient (Wildman–Crippen LogP) is 2.20. The van der Waals surface area contributed by atoms with Gasteiger partial charge in [0, 0.05) is 11.8 Å². The van der Waals surface area contributed by atoms with Gasteiger partial charge in [0.15, 0.2) is 5.82 Å². The van der Waals surface area contributed by atoms with Crippen LogP contribution in [-0.4, -0.2) is 25.3 Å². The Labute approximate surface area is 130 Å². The number of nitrogens with zero attached hydrogens (tertiary/aromatic N) is 4. The van der Waals surface area contributed by atoms with Crippen LogP contribution in [0.15, 0.2) is 30.3 Å². The fraction of sp³-hybridized carbons (Fsp3) is 0.143. The van der Waals surface area contributed by atoms with E-state index < -0.39 is 0 Å². The third-order valence-electron chi connectivity index (χ3n) is 2.90. The van der Waals surface area contributed by atoms with Crippen molar-refractivity contribution < 1.29 is 5.11 Å². The topological polar surface area (TPSA) is 110 Å². The van der Waals surface area contributed by atoms with E-state index in [1.54, 1.807) is 18.2 Å². The Morgan fingerprint density at radius 1 is 1.23 bits per heavy atom. The number of nitrogens with one attached hydrogen (secondary N) is 1. The van der Waals surface area contributed by atoms with E-state index in [2.05, 4.69) is 25.5 Å². The molecule has 7 nitrogen and oxygen atoms in total. The van der Waals surface area contributed by atoms with Gasteiger partial charge in [0.05, 0.1) is 12.1 Å².